The summed E-state index contributed by atoms with van der Waals surface area (Å²) < 4.78 is 0. The molecule has 17 heavy (non-hydrogen) atoms. The second-order valence-electron chi connectivity index (χ2n) is 6.01. The lowest BCUT2D eigenvalue weighted by molar-refractivity contribution is 0.416. The summed E-state index contributed by atoms with van der Waals surface area (Å²) >= 11 is 0. The van der Waals surface area contributed by atoms with E-state index in [-0.39, 0.29) is 5.41 Å². The van der Waals surface area contributed by atoms with Crippen molar-refractivity contribution < 1.29 is 0 Å². The van der Waals surface area contributed by atoms with Gasteiger partial charge >= 0.3 is 0 Å². The van der Waals surface area contributed by atoms with Crippen LogP contribution in [0, 0.1) is 0 Å². The Morgan fingerprint density at radius 1 is 1.12 bits per heavy atom. The molecule has 1 heterocycles. The van der Waals surface area contributed by atoms with Crippen molar-refractivity contribution in [1.82, 2.24) is 10.6 Å². The van der Waals surface area contributed by atoms with E-state index in [2.05, 4.69) is 55.7 Å². The predicted molar refractivity (Wildman–Crippen MR) is 73.5 cm³/mol. The lowest BCUT2D eigenvalue weighted by atomic mass is 9.86. The fraction of sp³-hybridized carbons (Fsp3) is 0.600. The maximum Gasteiger partial charge on any atom is 0.0233 e. The third kappa shape index (κ3) is 3.55. The summed E-state index contributed by atoms with van der Waals surface area (Å²) in [5.41, 5.74) is 3.10. The molecule has 2 heteroatoms. The number of piperazine rings is 1. The van der Waals surface area contributed by atoms with E-state index in [1.807, 2.05) is 0 Å². The number of rotatable bonds is 2. The standard InChI is InChI=1S/C15H24N2/c1-15(2,3)13-6-4-12(5-7-13)10-14-11-16-8-9-17-14/h4-7,14,16-17H,8-11H2,1-3H3/t14-/m0/s1. The first-order valence-electron chi connectivity index (χ1n) is 6.59. The highest BCUT2D eigenvalue weighted by atomic mass is 15.0. The van der Waals surface area contributed by atoms with Crippen molar-refractivity contribution in [3.63, 3.8) is 0 Å². The number of hydrogen-bond donors (Lipinski definition) is 2. The van der Waals surface area contributed by atoms with Crippen molar-refractivity contribution in [3.8, 4) is 0 Å². The Labute approximate surface area is 105 Å². The molecule has 1 aromatic rings. The summed E-state index contributed by atoms with van der Waals surface area (Å²) in [7, 11) is 0. The molecule has 0 amide bonds. The highest BCUT2D eigenvalue weighted by Gasteiger charge is 2.15. The van der Waals surface area contributed by atoms with E-state index in [4.69, 9.17) is 0 Å². The lowest BCUT2D eigenvalue weighted by Crippen LogP contribution is -2.49. The zero-order valence-corrected chi connectivity index (χ0v) is 11.2. The van der Waals surface area contributed by atoms with Gasteiger partial charge in [0.05, 0.1) is 0 Å². The Kier molecular flexibility index (Phi) is 3.85. The molecule has 0 spiro atoms. The molecule has 0 aromatic heterocycles. The summed E-state index contributed by atoms with van der Waals surface area (Å²) in [5.74, 6) is 0. The molecule has 0 bridgehead atoms. The fourth-order valence-electron chi connectivity index (χ4n) is 2.28. The Morgan fingerprint density at radius 2 is 1.82 bits per heavy atom. The smallest absolute Gasteiger partial charge is 0.0233 e. The Bertz CT molecular complexity index is 342. The first kappa shape index (κ1) is 12.6. The molecule has 0 saturated carbocycles. The van der Waals surface area contributed by atoms with Crippen LogP contribution in [-0.2, 0) is 11.8 Å². The van der Waals surface area contributed by atoms with Gasteiger partial charge in [0.1, 0.15) is 0 Å². The quantitative estimate of drug-likeness (QED) is 0.816. The first-order valence-corrected chi connectivity index (χ1v) is 6.59. The molecular weight excluding hydrogens is 208 g/mol. The van der Waals surface area contributed by atoms with Crippen LogP contribution >= 0.6 is 0 Å². The minimum absolute atomic E-state index is 0.253. The second-order valence-corrected chi connectivity index (χ2v) is 6.01. The molecule has 1 aliphatic rings. The Hall–Kier alpha value is -0.860. The SMILES string of the molecule is CC(C)(C)c1ccc(C[C@H]2CNCCN2)cc1. The summed E-state index contributed by atoms with van der Waals surface area (Å²) in [6, 6.07) is 9.68. The van der Waals surface area contributed by atoms with Gasteiger partial charge in [0.25, 0.3) is 0 Å². The molecule has 1 atom stereocenters. The monoisotopic (exact) mass is 232 g/mol. The van der Waals surface area contributed by atoms with E-state index >= 15 is 0 Å². The van der Waals surface area contributed by atoms with E-state index in [0.29, 0.717) is 6.04 Å². The molecule has 0 radical (unpaired) electrons. The second kappa shape index (κ2) is 5.19. The van der Waals surface area contributed by atoms with E-state index in [1.165, 1.54) is 11.1 Å². The molecule has 2 rings (SSSR count). The van der Waals surface area contributed by atoms with Gasteiger partial charge in [-0.25, -0.2) is 0 Å². The van der Waals surface area contributed by atoms with Gasteiger partial charge in [-0.3, -0.25) is 0 Å². The zero-order valence-electron chi connectivity index (χ0n) is 11.2. The highest BCUT2D eigenvalue weighted by molar-refractivity contribution is 5.28. The highest BCUT2D eigenvalue weighted by Crippen LogP contribution is 2.22. The summed E-state index contributed by atoms with van der Waals surface area (Å²) in [5, 5.41) is 6.98. The van der Waals surface area contributed by atoms with E-state index < -0.39 is 0 Å². The Morgan fingerprint density at radius 3 is 2.35 bits per heavy atom. The van der Waals surface area contributed by atoms with Gasteiger partial charge in [-0.1, -0.05) is 45.0 Å². The van der Waals surface area contributed by atoms with Crippen LogP contribution in [0.4, 0.5) is 0 Å². The maximum atomic E-state index is 3.55. The Balaban J connectivity index is 1.98. The van der Waals surface area contributed by atoms with Crippen LogP contribution in [0.25, 0.3) is 0 Å². The third-order valence-electron chi connectivity index (χ3n) is 3.43. The van der Waals surface area contributed by atoms with Crippen LogP contribution in [0.3, 0.4) is 0 Å². The van der Waals surface area contributed by atoms with E-state index in [9.17, 15) is 0 Å². The molecule has 1 aromatic carbocycles. The van der Waals surface area contributed by atoms with Crippen molar-refractivity contribution in [2.75, 3.05) is 19.6 Å². The molecule has 1 saturated heterocycles. The van der Waals surface area contributed by atoms with Gasteiger partial charge in [0, 0.05) is 25.7 Å². The van der Waals surface area contributed by atoms with Crippen molar-refractivity contribution in [2.45, 2.75) is 38.6 Å². The molecule has 94 valence electrons. The van der Waals surface area contributed by atoms with Gasteiger partial charge in [0.2, 0.25) is 0 Å². The van der Waals surface area contributed by atoms with E-state index in [1.54, 1.807) is 0 Å². The van der Waals surface area contributed by atoms with Crippen LogP contribution in [0.15, 0.2) is 24.3 Å². The minimum atomic E-state index is 0.253. The van der Waals surface area contributed by atoms with Crippen LogP contribution < -0.4 is 10.6 Å². The lowest BCUT2D eigenvalue weighted by Gasteiger charge is -2.25. The number of benzene rings is 1. The summed E-state index contributed by atoms with van der Waals surface area (Å²) in [4.78, 5) is 0. The fourth-order valence-corrected chi connectivity index (χ4v) is 2.28. The topological polar surface area (TPSA) is 24.1 Å². The molecule has 1 fully saturated rings. The molecular formula is C15H24N2. The average molecular weight is 232 g/mol. The van der Waals surface area contributed by atoms with Crippen LogP contribution in [0.1, 0.15) is 31.9 Å². The number of hydrogen-bond acceptors (Lipinski definition) is 2. The predicted octanol–water partition coefficient (Wildman–Crippen LogP) is 2.09. The molecule has 0 unspecified atom stereocenters. The summed E-state index contributed by atoms with van der Waals surface area (Å²) in [6.07, 6.45) is 1.12. The summed E-state index contributed by atoms with van der Waals surface area (Å²) in [6.45, 7) is 10.0. The van der Waals surface area contributed by atoms with Crippen LogP contribution in [0.5, 0.6) is 0 Å². The minimum Gasteiger partial charge on any atom is -0.314 e. The number of nitrogens with one attached hydrogen (secondary N) is 2. The average Bonchev–Trinajstić information content (AvgIpc) is 2.30. The first-order chi connectivity index (χ1) is 8.05. The van der Waals surface area contributed by atoms with E-state index in [0.717, 1.165) is 26.1 Å². The molecule has 2 nitrogen and oxygen atoms in total. The van der Waals surface area contributed by atoms with Gasteiger partial charge in [-0.05, 0) is 23.0 Å². The van der Waals surface area contributed by atoms with Crippen LogP contribution in [-0.4, -0.2) is 25.7 Å². The van der Waals surface area contributed by atoms with Gasteiger partial charge in [-0.2, -0.15) is 0 Å². The molecule has 1 aliphatic heterocycles. The van der Waals surface area contributed by atoms with Crippen molar-refractivity contribution in [3.05, 3.63) is 35.4 Å². The zero-order chi connectivity index (χ0) is 12.3. The van der Waals surface area contributed by atoms with Crippen molar-refractivity contribution >= 4 is 0 Å². The van der Waals surface area contributed by atoms with Gasteiger partial charge in [-0.15, -0.1) is 0 Å². The third-order valence-corrected chi connectivity index (χ3v) is 3.43. The molecule has 2 N–H and O–H groups in total. The van der Waals surface area contributed by atoms with Crippen molar-refractivity contribution in [1.29, 1.82) is 0 Å². The van der Waals surface area contributed by atoms with Crippen LogP contribution in [0.2, 0.25) is 0 Å². The van der Waals surface area contributed by atoms with Crippen molar-refractivity contribution in [2.24, 2.45) is 0 Å². The normalized spacial score (nSPS) is 21.5. The van der Waals surface area contributed by atoms with Gasteiger partial charge in [0.15, 0.2) is 0 Å². The largest absolute Gasteiger partial charge is 0.314 e. The molecule has 0 aliphatic carbocycles. The maximum absolute atomic E-state index is 3.55. The van der Waals surface area contributed by atoms with Gasteiger partial charge < -0.3 is 10.6 Å².